The standard InChI is InChI=1S/C22H26N2O5/c1-14(2)21(16-6-9-18-19(12-16)28-11-3-10-27-18)24-20(25)13-29-17-7-4-15(5-8-17)22(23)26/h4-9,12,14,21H,3,10-11,13H2,1-2H3,(H2,23,26)(H,24,25)/t21-/m1/s1. The van der Waals surface area contributed by atoms with Crippen molar-refractivity contribution < 1.29 is 23.8 Å². The molecule has 1 atom stereocenters. The highest BCUT2D eigenvalue weighted by atomic mass is 16.5. The zero-order valence-electron chi connectivity index (χ0n) is 16.6. The average molecular weight is 398 g/mol. The largest absolute Gasteiger partial charge is 0.490 e. The van der Waals surface area contributed by atoms with Crippen LogP contribution in [0.15, 0.2) is 42.5 Å². The van der Waals surface area contributed by atoms with Gasteiger partial charge in [0.05, 0.1) is 19.3 Å². The van der Waals surface area contributed by atoms with Crippen molar-refractivity contribution in [3.05, 3.63) is 53.6 Å². The predicted molar refractivity (Wildman–Crippen MR) is 108 cm³/mol. The molecule has 3 N–H and O–H groups in total. The van der Waals surface area contributed by atoms with E-state index in [4.69, 9.17) is 19.9 Å². The summed E-state index contributed by atoms with van der Waals surface area (Å²) in [7, 11) is 0. The number of carbonyl (C=O) groups excluding carboxylic acids is 2. The van der Waals surface area contributed by atoms with E-state index >= 15 is 0 Å². The molecule has 0 bridgehead atoms. The minimum Gasteiger partial charge on any atom is -0.490 e. The topological polar surface area (TPSA) is 99.9 Å². The molecule has 1 aliphatic rings. The van der Waals surface area contributed by atoms with Crippen LogP contribution in [0.5, 0.6) is 17.2 Å². The molecule has 29 heavy (non-hydrogen) atoms. The van der Waals surface area contributed by atoms with Crippen molar-refractivity contribution in [3.63, 3.8) is 0 Å². The number of hydrogen-bond donors (Lipinski definition) is 2. The van der Waals surface area contributed by atoms with Crippen LogP contribution >= 0.6 is 0 Å². The Morgan fingerprint density at radius 1 is 1.07 bits per heavy atom. The molecule has 3 rings (SSSR count). The van der Waals surface area contributed by atoms with Crippen molar-refractivity contribution in [1.82, 2.24) is 5.32 Å². The van der Waals surface area contributed by atoms with E-state index in [0.29, 0.717) is 30.3 Å². The third-order valence-electron chi connectivity index (χ3n) is 4.62. The fourth-order valence-electron chi connectivity index (χ4n) is 3.09. The molecule has 154 valence electrons. The summed E-state index contributed by atoms with van der Waals surface area (Å²) in [6.45, 7) is 5.18. The molecule has 2 aromatic carbocycles. The maximum Gasteiger partial charge on any atom is 0.258 e. The van der Waals surface area contributed by atoms with Crippen LogP contribution in [0.3, 0.4) is 0 Å². The SMILES string of the molecule is CC(C)[C@@H](NC(=O)COc1ccc(C(N)=O)cc1)c1ccc2c(c1)OCCCO2. The first-order chi connectivity index (χ1) is 13.9. The smallest absolute Gasteiger partial charge is 0.258 e. The number of primary amides is 1. The van der Waals surface area contributed by atoms with E-state index in [-0.39, 0.29) is 24.5 Å². The summed E-state index contributed by atoms with van der Waals surface area (Å²) < 4.78 is 17.0. The molecule has 0 saturated carbocycles. The van der Waals surface area contributed by atoms with Gasteiger partial charge in [-0.05, 0) is 47.9 Å². The van der Waals surface area contributed by atoms with E-state index in [1.165, 1.54) is 0 Å². The van der Waals surface area contributed by atoms with E-state index in [0.717, 1.165) is 17.7 Å². The van der Waals surface area contributed by atoms with E-state index < -0.39 is 5.91 Å². The number of carbonyl (C=O) groups is 2. The lowest BCUT2D eigenvalue weighted by atomic mass is 9.95. The lowest BCUT2D eigenvalue weighted by Crippen LogP contribution is -2.35. The molecule has 2 aromatic rings. The maximum atomic E-state index is 12.5. The summed E-state index contributed by atoms with van der Waals surface area (Å²) in [4.78, 5) is 23.6. The van der Waals surface area contributed by atoms with Gasteiger partial charge in [-0.3, -0.25) is 9.59 Å². The van der Waals surface area contributed by atoms with Crippen molar-refractivity contribution in [2.24, 2.45) is 11.7 Å². The third kappa shape index (κ3) is 5.40. The van der Waals surface area contributed by atoms with E-state index in [9.17, 15) is 9.59 Å². The van der Waals surface area contributed by atoms with Crippen molar-refractivity contribution in [3.8, 4) is 17.2 Å². The molecule has 7 heteroatoms. The summed E-state index contributed by atoms with van der Waals surface area (Å²) in [6, 6.07) is 11.9. The second kappa shape index (κ2) is 9.32. The fraction of sp³-hybridized carbons (Fsp3) is 0.364. The van der Waals surface area contributed by atoms with Crippen LogP contribution < -0.4 is 25.3 Å². The number of amides is 2. The highest BCUT2D eigenvalue weighted by Gasteiger charge is 2.21. The molecule has 0 radical (unpaired) electrons. The quantitative estimate of drug-likeness (QED) is 0.747. The second-order valence-electron chi connectivity index (χ2n) is 7.22. The first-order valence-electron chi connectivity index (χ1n) is 9.65. The van der Waals surface area contributed by atoms with Gasteiger partial charge in [0.1, 0.15) is 5.75 Å². The van der Waals surface area contributed by atoms with Gasteiger partial charge in [0.25, 0.3) is 5.91 Å². The summed E-state index contributed by atoms with van der Waals surface area (Å²) in [6.07, 6.45) is 0.839. The number of benzene rings is 2. The molecule has 0 saturated heterocycles. The molecule has 1 heterocycles. The molecular weight excluding hydrogens is 372 g/mol. The van der Waals surface area contributed by atoms with Crippen LogP contribution in [0.2, 0.25) is 0 Å². The summed E-state index contributed by atoms with van der Waals surface area (Å²) in [5.41, 5.74) is 6.55. The summed E-state index contributed by atoms with van der Waals surface area (Å²) in [5.74, 6) is 1.33. The minimum atomic E-state index is -0.510. The number of nitrogens with one attached hydrogen (secondary N) is 1. The molecule has 0 spiro atoms. The van der Waals surface area contributed by atoms with Gasteiger partial charge in [-0.2, -0.15) is 0 Å². The first-order valence-corrected chi connectivity index (χ1v) is 9.65. The minimum absolute atomic E-state index is 0.135. The highest BCUT2D eigenvalue weighted by Crippen LogP contribution is 2.34. The zero-order chi connectivity index (χ0) is 20.8. The summed E-state index contributed by atoms with van der Waals surface area (Å²) >= 11 is 0. The van der Waals surface area contributed by atoms with Gasteiger partial charge in [0.2, 0.25) is 5.91 Å². The van der Waals surface area contributed by atoms with E-state index in [1.807, 2.05) is 32.0 Å². The number of nitrogens with two attached hydrogens (primary N) is 1. The van der Waals surface area contributed by atoms with Gasteiger partial charge in [-0.25, -0.2) is 0 Å². The Balaban J connectivity index is 1.63. The molecule has 0 aliphatic carbocycles. The Kier molecular flexibility index (Phi) is 6.59. The van der Waals surface area contributed by atoms with Gasteiger partial charge >= 0.3 is 0 Å². The number of hydrogen-bond acceptors (Lipinski definition) is 5. The molecule has 0 fully saturated rings. The van der Waals surface area contributed by atoms with Crippen LogP contribution in [0.25, 0.3) is 0 Å². The predicted octanol–water partition coefficient (Wildman–Crippen LogP) is 2.84. The molecule has 7 nitrogen and oxygen atoms in total. The zero-order valence-corrected chi connectivity index (χ0v) is 16.6. The van der Waals surface area contributed by atoms with Crippen molar-refractivity contribution in [2.75, 3.05) is 19.8 Å². The van der Waals surface area contributed by atoms with Crippen LogP contribution in [-0.2, 0) is 4.79 Å². The Labute approximate surface area is 170 Å². The highest BCUT2D eigenvalue weighted by molar-refractivity contribution is 5.92. The van der Waals surface area contributed by atoms with Crippen molar-refractivity contribution >= 4 is 11.8 Å². The monoisotopic (exact) mass is 398 g/mol. The van der Waals surface area contributed by atoms with Crippen LogP contribution in [0, 0.1) is 5.92 Å². The van der Waals surface area contributed by atoms with Gasteiger partial charge in [0, 0.05) is 12.0 Å². The first kappa shape index (κ1) is 20.5. The van der Waals surface area contributed by atoms with Crippen LogP contribution in [-0.4, -0.2) is 31.6 Å². The van der Waals surface area contributed by atoms with Gasteiger partial charge in [0.15, 0.2) is 18.1 Å². The normalized spacial score (nSPS) is 14.0. The van der Waals surface area contributed by atoms with E-state index in [1.54, 1.807) is 24.3 Å². The number of ether oxygens (including phenoxy) is 3. The lowest BCUT2D eigenvalue weighted by Gasteiger charge is -2.24. The Morgan fingerprint density at radius 3 is 2.41 bits per heavy atom. The van der Waals surface area contributed by atoms with Crippen LogP contribution in [0.1, 0.15) is 42.2 Å². The Morgan fingerprint density at radius 2 is 1.76 bits per heavy atom. The number of fused-ring (bicyclic) bond motifs is 1. The van der Waals surface area contributed by atoms with Crippen LogP contribution in [0.4, 0.5) is 0 Å². The average Bonchev–Trinajstić information content (AvgIpc) is 2.95. The summed E-state index contributed by atoms with van der Waals surface area (Å²) in [5, 5.41) is 3.02. The van der Waals surface area contributed by atoms with Crippen molar-refractivity contribution in [2.45, 2.75) is 26.3 Å². The molecule has 1 aliphatic heterocycles. The molecule has 0 unspecified atom stereocenters. The Hall–Kier alpha value is -3.22. The van der Waals surface area contributed by atoms with Crippen molar-refractivity contribution in [1.29, 1.82) is 0 Å². The number of rotatable bonds is 7. The van der Waals surface area contributed by atoms with Gasteiger partial charge in [-0.1, -0.05) is 19.9 Å². The van der Waals surface area contributed by atoms with Gasteiger partial charge in [-0.15, -0.1) is 0 Å². The fourth-order valence-corrected chi connectivity index (χ4v) is 3.09. The second-order valence-corrected chi connectivity index (χ2v) is 7.22. The van der Waals surface area contributed by atoms with Gasteiger partial charge < -0.3 is 25.3 Å². The van der Waals surface area contributed by atoms with E-state index in [2.05, 4.69) is 5.32 Å². The molecule has 2 amide bonds. The molecule has 0 aromatic heterocycles. The molecular formula is C22H26N2O5. The Bertz CT molecular complexity index is 864. The lowest BCUT2D eigenvalue weighted by molar-refractivity contribution is -0.124. The maximum absolute atomic E-state index is 12.5. The third-order valence-corrected chi connectivity index (χ3v) is 4.62.